The molecule has 2 saturated heterocycles. The highest BCUT2D eigenvalue weighted by atomic mass is 32.1. The molecule has 2 fully saturated rings. The van der Waals surface area contributed by atoms with Crippen LogP contribution in [-0.4, -0.2) is 55.0 Å². The van der Waals surface area contributed by atoms with Crippen molar-refractivity contribution in [3.8, 4) is 5.75 Å². The van der Waals surface area contributed by atoms with Crippen molar-refractivity contribution in [1.29, 1.82) is 0 Å². The van der Waals surface area contributed by atoms with Crippen LogP contribution in [0.3, 0.4) is 0 Å². The summed E-state index contributed by atoms with van der Waals surface area (Å²) >= 11 is 1.47. The Bertz CT molecular complexity index is 454. The Hall–Kier alpha value is -1.07. The number of ether oxygens (including phenoxy) is 1. The highest BCUT2D eigenvalue weighted by Gasteiger charge is 2.33. The summed E-state index contributed by atoms with van der Waals surface area (Å²) in [6.45, 7) is 4.16. The molecule has 0 N–H and O–H groups in total. The molecular weight excluding hydrogens is 260 g/mol. The van der Waals surface area contributed by atoms with Gasteiger partial charge in [-0.2, -0.15) is 0 Å². The molecule has 5 heteroatoms. The van der Waals surface area contributed by atoms with Gasteiger partial charge in [-0.05, 0) is 43.8 Å². The van der Waals surface area contributed by atoms with E-state index in [9.17, 15) is 4.79 Å². The number of hydrogen-bond donors (Lipinski definition) is 0. The lowest BCUT2D eigenvalue weighted by atomic mass is 10.2. The first-order chi connectivity index (χ1) is 9.29. The average molecular weight is 280 g/mol. The van der Waals surface area contributed by atoms with E-state index in [4.69, 9.17) is 4.74 Å². The molecule has 0 spiro atoms. The Morgan fingerprint density at radius 1 is 1.37 bits per heavy atom. The molecule has 2 aliphatic rings. The number of amides is 1. The zero-order valence-corrected chi connectivity index (χ0v) is 12.1. The number of hydrogen-bond acceptors (Lipinski definition) is 4. The largest absolute Gasteiger partial charge is 0.495 e. The van der Waals surface area contributed by atoms with Crippen molar-refractivity contribution in [3.05, 3.63) is 16.3 Å². The van der Waals surface area contributed by atoms with Crippen molar-refractivity contribution in [2.75, 3.05) is 33.3 Å². The summed E-state index contributed by atoms with van der Waals surface area (Å²) < 4.78 is 5.25. The molecule has 0 bridgehead atoms. The number of rotatable bonds is 3. The molecule has 0 saturated carbocycles. The fourth-order valence-corrected chi connectivity index (χ4v) is 3.91. The van der Waals surface area contributed by atoms with Crippen LogP contribution in [0.5, 0.6) is 5.75 Å². The lowest BCUT2D eigenvalue weighted by Gasteiger charge is -2.23. The maximum atomic E-state index is 12.5. The van der Waals surface area contributed by atoms with Gasteiger partial charge in [-0.3, -0.25) is 9.69 Å². The van der Waals surface area contributed by atoms with Crippen molar-refractivity contribution in [2.24, 2.45) is 0 Å². The molecule has 0 aromatic carbocycles. The second kappa shape index (κ2) is 5.51. The van der Waals surface area contributed by atoms with E-state index in [1.807, 2.05) is 16.3 Å². The van der Waals surface area contributed by atoms with Gasteiger partial charge in [0.15, 0.2) is 0 Å². The monoisotopic (exact) mass is 280 g/mol. The lowest BCUT2D eigenvalue weighted by Crippen LogP contribution is -2.37. The molecule has 0 aliphatic carbocycles. The van der Waals surface area contributed by atoms with Crippen LogP contribution in [0.2, 0.25) is 0 Å². The molecule has 1 aromatic rings. The van der Waals surface area contributed by atoms with Crippen LogP contribution in [0.25, 0.3) is 0 Å². The van der Waals surface area contributed by atoms with E-state index in [1.165, 1.54) is 37.3 Å². The van der Waals surface area contributed by atoms with Gasteiger partial charge in [-0.1, -0.05) is 0 Å². The van der Waals surface area contributed by atoms with Gasteiger partial charge < -0.3 is 9.64 Å². The van der Waals surface area contributed by atoms with Crippen LogP contribution in [0, 0.1) is 0 Å². The topological polar surface area (TPSA) is 32.8 Å². The van der Waals surface area contributed by atoms with Crippen molar-refractivity contribution >= 4 is 17.2 Å². The van der Waals surface area contributed by atoms with Crippen molar-refractivity contribution in [1.82, 2.24) is 9.80 Å². The summed E-state index contributed by atoms with van der Waals surface area (Å²) in [5.74, 6) is 0.841. The summed E-state index contributed by atoms with van der Waals surface area (Å²) in [5, 5.41) is 1.92. The minimum absolute atomic E-state index is 0.133. The minimum atomic E-state index is 0.133. The van der Waals surface area contributed by atoms with Gasteiger partial charge in [0, 0.05) is 19.1 Å². The number of carbonyl (C=O) groups is 1. The van der Waals surface area contributed by atoms with E-state index in [0.717, 1.165) is 24.4 Å². The van der Waals surface area contributed by atoms with E-state index in [0.29, 0.717) is 11.8 Å². The maximum Gasteiger partial charge on any atom is 0.267 e. The molecule has 3 heterocycles. The third-order valence-electron chi connectivity index (χ3n) is 4.15. The van der Waals surface area contributed by atoms with Crippen molar-refractivity contribution in [3.63, 3.8) is 0 Å². The predicted octanol–water partition coefficient (Wildman–Crippen LogP) is 2.07. The quantitative estimate of drug-likeness (QED) is 0.849. The molecule has 19 heavy (non-hydrogen) atoms. The van der Waals surface area contributed by atoms with E-state index in [-0.39, 0.29) is 5.91 Å². The summed E-state index contributed by atoms with van der Waals surface area (Å²) in [7, 11) is 1.62. The summed E-state index contributed by atoms with van der Waals surface area (Å²) in [4.78, 5) is 17.8. The van der Waals surface area contributed by atoms with Gasteiger partial charge in [-0.25, -0.2) is 0 Å². The molecule has 104 valence electrons. The molecule has 1 amide bonds. The summed E-state index contributed by atoms with van der Waals surface area (Å²) in [6, 6.07) is 2.43. The van der Waals surface area contributed by atoms with Gasteiger partial charge in [-0.15, -0.1) is 11.3 Å². The normalized spacial score (nSPS) is 24.1. The fraction of sp³-hybridized carbons (Fsp3) is 0.643. The van der Waals surface area contributed by atoms with Gasteiger partial charge in [0.2, 0.25) is 0 Å². The number of carbonyl (C=O) groups excluding carboxylic acids is 1. The highest BCUT2D eigenvalue weighted by molar-refractivity contribution is 7.12. The third-order valence-corrected chi connectivity index (χ3v) is 5.03. The summed E-state index contributed by atoms with van der Waals surface area (Å²) in [6.07, 6.45) is 3.73. The number of thiophene rings is 1. The van der Waals surface area contributed by atoms with E-state index < -0.39 is 0 Å². The van der Waals surface area contributed by atoms with Crippen LogP contribution in [0.4, 0.5) is 0 Å². The molecular formula is C14H20N2O2S. The summed E-state index contributed by atoms with van der Waals surface area (Å²) in [5.41, 5.74) is 0. The Balaban J connectivity index is 1.65. The SMILES string of the molecule is COc1ccsc1C(=O)N1CCC(N2CCCC2)C1. The molecule has 0 radical (unpaired) electrons. The number of methoxy groups -OCH3 is 1. The predicted molar refractivity (Wildman–Crippen MR) is 76.0 cm³/mol. The second-order valence-corrected chi connectivity index (χ2v) is 6.17. The zero-order valence-electron chi connectivity index (χ0n) is 11.3. The van der Waals surface area contributed by atoms with E-state index >= 15 is 0 Å². The first-order valence-electron chi connectivity index (χ1n) is 6.94. The fourth-order valence-electron chi connectivity index (χ4n) is 3.09. The third kappa shape index (κ3) is 2.49. The zero-order chi connectivity index (χ0) is 13.2. The smallest absolute Gasteiger partial charge is 0.267 e. The molecule has 1 aromatic heterocycles. The first kappa shape index (κ1) is 12.9. The number of nitrogens with zero attached hydrogens (tertiary/aromatic N) is 2. The van der Waals surface area contributed by atoms with Crippen molar-refractivity contribution in [2.45, 2.75) is 25.3 Å². The standard InChI is InChI=1S/C14H20N2O2S/c1-18-12-5-9-19-13(12)14(17)16-8-4-11(10-16)15-6-2-3-7-15/h5,9,11H,2-4,6-8,10H2,1H3. The Morgan fingerprint density at radius 3 is 2.89 bits per heavy atom. The van der Waals surface area contributed by atoms with Crippen LogP contribution in [0.15, 0.2) is 11.4 Å². The van der Waals surface area contributed by atoms with Crippen LogP contribution in [-0.2, 0) is 0 Å². The minimum Gasteiger partial charge on any atom is -0.495 e. The number of likely N-dealkylation sites (tertiary alicyclic amines) is 2. The van der Waals surface area contributed by atoms with Gasteiger partial charge in [0.1, 0.15) is 10.6 Å². The highest BCUT2D eigenvalue weighted by Crippen LogP contribution is 2.28. The van der Waals surface area contributed by atoms with Crippen LogP contribution in [0.1, 0.15) is 28.9 Å². The van der Waals surface area contributed by atoms with E-state index in [1.54, 1.807) is 7.11 Å². The molecule has 1 atom stereocenters. The molecule has 1 unspecified atom stereocenters. The molecule has 3 rings (SSSR count). The second-order valence-electron chi connectivity index (χ2n) is 5.25. The van der Waals surface area contributed by atoms with Crippen LogP contribution < -0.4 is 4.74 Å². The van der Waals surface area contributed by atoms with Gasteiger partial charge >= 0.3 is 0 Å². The maximum absolute atomic E-state index is 12.5. The van der Waals surface area contributed by atoms with Crippen LogP contribution >= 0.6 is 11.3 Å². The Kier molecular flexibility index (Phi) is 3.75. The van der Waals surface area contributed by atoms with Gasteiger partial charge in [0.25, 0.3) is 5.91 Å². The van der Waals surface area contributed by atoms with Crippen molar-refractivity contribution < 1.29 is 9.53 Å². The Labute approximate surface area is 118 Å². The lowest BCUT2D eigenvalue weighted by molar-refractivity contribution is 0.0782. The molecule has 4 nitrogen and oxygen atoms in total. The molecule has 2 aliphatic heterocycles. The van der Waals surface area contributed by atoms with Gasteiger partial charge in [0.05, 0.1) is 7.11 Å². The first-order valence-corrected chi connectivity index (χ1v) is 7.82. The average Bonchev–Trinajstić information content (AvgIpc) is 3.16. The Morgan fingerprint density at radius 2 is 2.16 bits per heavy atom. The van der Waals surface area contributed by atoms with E-state index in [2.05, 4.69) is 4.90 Å².